The van der Waals surface area contributed by atoms with Crippen molar-refractivity contribution >= 4 is 242 Å². The molecule has 2 aliphatic carbocycles. The fourth-order valence-corrected chi connectivity index (χ4v) is 23.7. The molecule has 652 valence electrons. The highest BCUT2D eigenvalue weighted by atomic mass is 127. The first-order chi connectivity index (χ1) is 66.4. The van der Waals surface area contributed by atoms with Gasteiger partial charge in [0.05, 0.1) is 26.3 Å². The van der Waals surface area contributed by atoms with E-state index in [1.54, 1.807) is 6.07 Å². The number of furan rings is 4. The number of benzene rings is 20. The van der Waals surface area contributed by atoms with Gasteiger partial charge < -0.3 is 37.5 Å². The zero-order valence-electron chi connectivity index (χ0n) is 74.0. The maximum Gasteiger partial charge on any atom is 0.489 e. The predicted octanol–water partition coefficient (Wildman–Crippen LogP) is 36.2. The summed E-state index contributed by atoms with van der Waals surface area (Å²) < 4.78 is 32.3. The van der Waals surface area contributed by atoms with Crippen LogP contribution in [0.4, 0.5) is 34.1 Å². The van der Waals surface area contributed by atoms with Crippen molar-refractivity contribution in [1.29, 1.82) is 0 Å². The molecule has 0 aliphatic heterocycles. The van der Waals surface area contributed by atoms with Crippen LogP contribution in [-0.4, -0.2) is 17.2 Å². The Hall–Kier alpha value is -13.6. The highest BCUT2D eigenvalue weighted by Gasteiger charge is 2.39. The second kappa shape index (κ2) is 34.0. The largest absolute Gasteiger partial charge is 0.489 e. The molecule has 14 heteroatoms. The van der Waals surface area contributed by atoms with Crippen LogP contribution in [0.3, 0.4) is 0 Å². The first-order valence-electron chi connectivity index (χ1n) is 45.3. The van der Waals surface area contributed by atoms with Gasteiger partial charge in [0.1, 0.15) is 33.5 Å². The molecule has 0 saturated heterocycles. The lowest BCUT2D eigenvalue weighted by molar-refractivity contribution is 0.426. The Bertz CT molecular complexity index is 9000. The van der Waals surface area contributed by atoms with E-state index in [0.717, 1.165) is 187 Å². The summed E-state index contributed by atoms with van der Waals surface area (Å²) in [6.45, 7) is 9.28. The molecule has 2 aliphatic rings. The van der Waals surface area contributed by atoms with Crippen molar-refractivity contribution in [3.05, 3.63) is 444 Å². The lowest BCUT2D eigenvalue weighted by Gasteiger charge is -2.28. The van der Waals surface area contributed by atoms with Crippen LogP contribution in [0.1, 0.15) is 49.9 Å². The van der Waals surface area contributed by atoms with Crippen LogP contribution < -0.4 is 15.3 Å². The minimum atomic E-state index is -1.67. The van der Waals surface area contributed by atoms with Crippen molar-refractivity contribution < 1.29 is 27.7 Å². The molecule has 0 atom stereocenters. The molecule has 0 spiro atoms. The molecule has 0 radical (unpaired) electrons. The average molecular weight is 2130 g/mol. The molecular formula is C122H80BBr4IN2O6. The molecule has 2 N–H and O–H groups in total. The quantitative estimate of drug-likeness (QED) is 0.0922. The Labute approximate surface area is 832 Å². The van der Waals surface area contributed by atoms with E-state index in [1.807, 2.05) is 84.9 Å². The second-order valence-corrected chi connectivity index (χ2v) is 40.5. The topological polar surface area (TPSA) is 99.5 Å². The molecule has 0 fully saturated rings. The standard InChI is InChI=1S/C61H39Br2NO2.C49H36BNO3.C12H5Br2IO/c1-61(2)48-21-10-9-19-43(48)47-35-40(27-32-49(47)61)64(52-23-11-18-39-34-38(26-28-41(39)52)36-14-5-3-6-15-36)53-24-12-20-45-55-44(30-29-42(59(55)66-58(45)53)37-16-7-4-8-17-37)57-51(63)33-31-46-56-50(62)22-13-25-54(56)65-60(46)57;1-49(2)41-20-10-9-18-38(41)40-30-35(24-27-42(40)49)51(44-21-11-17-34-29-33(23-25-36(34)44)31-13-5-3-6-14-31)45-22-12-19-39-46-43(50(52)53)28-26-37(48(46)54-47(39)45)32-15-7-4-8-16-32;13-7-2-1-3-9-10(7)6-4-5-8(14)11(15)12(6)16-9/h3-35H,1-2H3;3-30,52-53H,1-2H3;1-5H. The summed E-state index contributed by atoms with van der Waals surface area (Å²) >= 11 is 17.2. The van der Waals surface area contributed by atoms with Crippen LogP contribution in [0, 0.1) is 3.57 Å². The highest BCUT2D eigenvalue weighted by Crippen LogP contribution is 2.57. The van der Waals surface area contributed by atoms with Gasteiger partial charge in [-0.15, -0.1) is 0 Å². The van der Waals surface area contributed by atoms with Gasteiger partial charge in [-0.1, -0.05) is 361 Å². The van der Waals surface area contributed by atoms with Gasteiger partial charge in [0.25, 0.3) is 0 Å². The fourth-order valence-electron chi connectivity index (χ4n) is 21.2. The molecule has 136 heavy (non-hydrogen) atoms. The summed E-state index contributed by atoms with van der Waals surface area (Å²) in [6, 6.07) is 141. The van der Waals surface area contributed by atoms with Crippen LogP contribution in [-0.2, 0) is 10.8 Å². The van der Waals surface area contributed by atoms with Gasteiger partial charge >= 0.3 is 7.12 Å². The summed E-state index contributed by atoms with van der Waals surface area (Å²) in [5.41, 5.74) is 33.5. The molecule has 0 unspecified atom stereocenters. The SMILES string of the molecule is Brc1ccc2c(oc3cccc(Br)c32)c1I.CC1(C)c2ccccc2-c2cc(N(c3cccc4cc(-c5ccccc5)ccc34)c3cccc4c3oc3c(-c5ccccc5)ccc(-c5c(Br)ccc6c5oc5cccc(Br)c56)c34)ccc21.CC1(C)c2ccccc2-c2cc(N(c3cccc4cc(-c5ccccc5)ccc34)c3cccc4c3oc3c(-c5ccccc5)ccc(B(O)O)c34)ccc21. The van der Waals surface area contributed by atoms with E-state index in [1.165, 1.54) is 61.2 Å². The van der Waals surface area contributed by atoms with Crippen molar-refractivity contribution in [2.24, 2.45) is 0 Å². The third kappa shape index (κ3) is 14.1. The first-order valence-corrected chi connectivity index (χ1v) is 49.6. The van der Waals surface area contributed by atoms with Crippen molar-refractivity contribution in [2.45, 2.75) is 38.5 Å². The number of halogens is 5. The number of para-hydroxylation sites is 2. The normalized spacial score (nSPS) is 12.8. The van der Waals surface area contributed by atoms with Crippen LogP contribution in [0.15, 0.2) is 436 Å². The number of hydrogen-bond acceptors (Lipinski definition) is 8. The molecule has 0 bridgehead atoms. The molecule has 0 saturated carbocycles. The molecule has 20 aromatic carbocycles. The fraction of sp³-hybridized carbons (Fsp3) is 0.0492. The number of rotatable bonds is 12. The predicted molar refractivity (Wildman–Crippen MR) is 588 cm³/mol. The van der Waals surface area contributed by atoms with Crippen molar-refractivity contribution in [3.63, 3.8) is 0 Å². The van der Waals surface area contributed by atoms with E-state index < -0.39 is 7.12 Å². The van der Waals surface area contributed by atoms with Crippen molar-refractivity contribution in [3.8, 4) is 77.9 Å². The Balaban J connectivity index is 0.000000129. The molecule has 0 amide bonds. The molecule has 8 nitrogen and oxygen atoms in total. The Morgan fingerprint density at radius 1 is 0.257 bits per heavy atom. The molecule has 24 aromatic rings. The monoisotopic (exact) mass is 2120 g/mol. The summed E-state index contributed by atoms with van der Waals surface area (Å²) in [6.07, 6.45) is 0. The van der Waals surface area contributed by atoms with Crippen molar-refractivity contribution in [2.75, 3.05) is 9.80 Å². The molecular weight excluding hydrogens is 2050 g/mol. The third-order valence-electron chi connectivity index (χ3n) is 27.6. The average Bonchev–Trinajstić information content (AvgIpc) is 1.47. The molecule has 4 heterocycles. The highest BCUT2D eigenvalue weighted by molar-refractivity contribution is 14.1. The van der Waals surface area contributed by atoms with Gasteiger partial charge in [0.15, 0.2) is 11.2 Å². The van der Waals surface area contributed by atoms with Gasteiger partial charge in [0.2, 0.25) is 0 Å². The van der Waals surface area contributed by atoms with E-state index in [-0.39, 0.29) is 10.8 Å². The zero-order chi connectivity index (χ0) is 92.1. The van der Waals surface area contributed by atoms with Gasteiger partial charge in [-0.3, -0.25) is 0 Å². The van der Waals surface area contributed by atoms with E-state index in [9.17, 15) is 10.0 Å². The van der Waals surface area contributed by atoms with Crippen LogP contribution in [0.5, 0.6) is 0 Å². The Kier molecular flexibility index (Phi) is 21.3. The van der Waals surface area contributed by atoms with Gasteiger partial charge in [-0.2, -0.15) is 0 Å². The summed E-state index contributed by atoms with van der Waals surface area (Å²) in [5.74, 6) is 0. The van der Waals surface area contributed by atoms with Crippen molar-refractivity contribution in [1.82, 2.24) is 0 Å². The van der Waals surface area contributed by atoms with E-state index in [0.29, 0.717) is 22.0 Å². The lowest BCUT2D eigenvalue weighted by Crippen LogP contribution is -2.30. The van der Waals surface area contributed by atoms with Crippen LogP contribution >= 0.6 is 86.3 Å². The third-order valence-corrected chi connectivity index (χ3v) is 32.1. The molecule has 26 rings (SSSR count). The Morgan fingerprint density at radius 3 is 1.15 bits per heavy atom. The van der Waals surface area contributed by atoms with Gasteiger partial charge in [0, 0.05) is 111 Å². The Morgan fingerprint density at radius 2 is 0.647 bits per heavy atom. The number of fused-ring (bicyclic) bond motifs is 20. The maximum absolute atomic E-state index is 10.6. The summed E-state index contributed by atoms with van der Waals surface area (Å²) in [4.78, 5) is 4.72. The molecule has 4 aromatic heterocycles. The lowest BCUT2D eigenvalue weighted by atomic mass is 9.76. The van der Waals surface area contributed by atoms with Crippen LogP contribution in [0.25, 0.3) is 187 Å². The maximum atomic E-state index is 10.6. The first kappa shape index (κ1) is 85.3. The van der Waals surface area contributed by atoms with Crippen LogP contribution in [0.2, 0.25) is 0 Å². The van der Waals surface area contributed by atoms with E-state index >= 15 is 0 Å². The summed E-state index contributed by atoms with van der Waals surface area (Å²) in [7, 11) is -1.67. The number of hydrogen-bond donors (Lipinski definition) is 2. The summed E-state index contributed by atoms with van der Waals surface area (Å²) in [5, 5.41) is 33.7. The smallest absolute Gasteiger partial charge is 0.455 e. The minimum Gasteiger partial charge on any atom is -0.455 e. The minimum absolute atomic E-state index is 0.126. The van der Waals surface area contributed by atoms with E-state index in [2.05, 4.69) is 433 Å². The number of nitrogens with zero attached hydrogens (tertiary/aromatic N) is 2. The van der Waals surface area contributed by atoms with E-state index in [4.69, 9.17) is 17.7 Å². The zero-order valence-corrected chi connectivity index (χ0v) is 82.5. The second-order valence-electron chi connectivity index (χ2n) is 36.0. The van der Waals surface area contributed by atoms with Gasteiger partial charge in [-0.25, -0.2) is 0 Å². The van der Waals surface area contributed by atoms with Gasteiger partial charge in [-0.05, 0) is 253 Å². The number of anilines is 6.